The van der Waals surface area contributed by atoms with Crippen LogP contribution in [0.3, 0.4) is 0 Å². The van der Waals surface area contributed by atoms with Crippen molar-refractivity contribution < 1.29 is 4.74 Å². The molecule has 0 radical (unpaired) electrons. The van der Waals surface area contributed by atoms with Crippen molar-refractivity contribution in [3.8, 4) is 0 Å². The van der Waals surface area contributed by atoms with E-state index in [1.165, 1.54) is 43.2 Å². The third-order valence-electron chi connectivity index (χ3n) is 4.88. The number of guanidine groups is 1. The van der Waals surface area contributed by atoms with Gasteiger partial charge in [-0.05, 0) is 51.4 Å². The molecule has 27 heavy (non-hydrogen) atoms. The van der Waals surface area contributed by atoms with E-state index >= 15 is 0 Å². The summed E-state index contributed by atoms with van der Waals surface area (Å²) in [4.78, 5) is 6.97. The van der Waals surface area contributed by atoms with Gasteiger partial charge < -0.3 is 20.3 Å². The molecule has 0 heterocycles. The van der Waals surface area contributed by atoms with Gasteiger partial charge in [0, 0.05) is 26.2 Å². The molecule has 0 aliphatic heterocycles. The van der Waals surface area contributed by atoms with Crippen molar-refractivity contribution in [1.82, 2.24) is 15.5 Å². The van der Waals surface area contributed by atoms with Gasteiger partial charge >= 0.3 is 0 Å². The maximum Gasteiger partial charge on any atom is 0.191 e. The third-order valence-corrected chi connectivity index (χ3v) is 4.88. The van der Waals surface area contributed by atoms with Crippen molar-refractivity contribution >= 4 is 5.96 Å². The lowest BCUT2D eigenvalue weighted by atomic mass is 9.98. The summed E-state index contributed by atoms with van der Waals surface area (Å²) in [5.74, 6) is 0.884. The summed E-state index contributed by atoms with van der Waals surface area (Å²) >= 11 is 0. The molecule has 5 heteroatoms. The zero-order chi connectivity index (χ0) is 19.3. The molecule has 0 atom stereocenters. The largest absolute Gasteiger partial charge is 0.378 e. The number of aliphatic imine (C=N–C) groups is 1. The Morgan fingerprint density at radius 2 is 1.85 bits per heavy atom. The molecule has 0 bridgehead atoms. The van der Waals surface area contributed by atoms with E-state index in [-0.39, 0.29) is 0 Å². The van der Waals surface area contributed by atoms with Gasteiger partial charge in [-0.1, -0.05) is 43.5 Å². The van der Waals surface area contributed by atoms with Gasteiger partial charge in [0.25, 0.3) is 0 Å². The lowest BCUT2D eigenvalue weighted by molar-refractivity contribution is 0.0277. The fraction of sp³-hybridized carbons (Fsp3) is 0.682. The van der Waals surface area contributed by atoms with Gasteiger partial charge in [-0.3, -0.25) is 0 Å². The van der Waals surface area contributed by atoms with Crippen LogP contribution in [-0.2, 0) is 17.8 Å². The Kier molecular flexibility index (Phi) is 10.2. The zero-order valence-corrected chi connectivity index (χ0v) is 17.5. The number of nitrogens with one attached hydrogen (secondary N) is 2. The number of hydrogen-bond acceptors (Lipinski definition) is 3. The summed E-state index contributed by atoms with van der Waals surface area (Å²) in [5, 5.41) is 6.78. The Hall–Kier alpha value is -1.59. The predicted molar refractivity (Wildman–Crippen MR) is 114 cm³/mol. The van der Waals surface area contributed by atoms with Crippen molar-refractivity contribution in [3.05, 3.63) is 35.4 Å². The maximum atomic E-state index is 6.00. The van der Waals surface area contributed by atoms with Crippen molar-refractivity contribution in [2.75, 3.05) is 33.8 Å². The molecule has 1 saturated carbocycles. The molecule has 5 nitrogen and oxygen atoms in total. The number of benzene rings is 1. The second-order valence-electron chi connectivity index (χ2n) is 7.61. The minimum Gasteiger partial charge on any atom is -0.378 e. The first-order valence-electron chi connectivity index (χ1n) is 10.5. The molecule has 2 N–H and O–H groups in total. The topological polar surface area (TPSA) is 48.9 Å². The maximum absolute atomic E-state index is 6.00. The zero-order valence-electron chi connectivity index (χ0n) is 17.5. The highest BCUT2D eigenvalue weighted by Gasteiger charge is 2.13. The van der Waals surface area contributed by atoms with Gasteiger partial charge in [-0.25, -0.2) is 4.99 Å². The molecule has 152 valence electrons. The van der Waals surface area contributed by atoms with Crippen LogP contribution in [0.4, 0.5) is 0 Å². The Balaban J connectivity index is 1.76. The number of nitrogens with zero attached hydrogens (tertiary/aromatic N) is 2. The number of ether oxygens (including phenoxy) is 1. The fourth-order valence-electron chi connectivity index (χ4n) is 3.47. The van der Waals surface area contributed by atoms with Gasteiger partial charge in [0.15, 0.2) is 5.96 Å². The third kappa shape index (κ3) is 8.76. The minimum absolute atomic E-state index is 0.494. The van der Waals surface area contributed by atoms with E-state index < -0.39 is 0 Å². The molecule has 1 aliphatic rings. The Morgan fingerprint density at radius 1 is 1.11 bits per heavy atom. The molecule has 0 spiro atoms. The lowest BCUT2D eigenvalue weighted by Gasteiger charge is -2.22. The monoisotopic (exact) mass is 374 g/mol. The molecular formula is C22H38N4O. The molecule has 0 saturated heterocycles. The van der Waals surface area contributed by atoms with Crippen LogP contribution in [0.25, 0.3) is 0 Å². The van der Waals surface area contributed by atoms with Crippen LogP contribution < -0.4 is 10.6 Å². The average molecular weight is 375 g/mol. The van der Waals surface area contributed by atoms with E-state index in [1.54, 1.807) is 0 Å². The van der Waals surface area contributed by atoms with Gasteiger partial charge in [0.2, 0.25) is 0 Å². The summed E-state index contributed by atoms with van der Waals surface area (Å²) in [7, 11) is 4.20. The summed E-state index contributed by atoms with van der Waals surface area (Å²) < 4.78 is 6.00. The predicted octanol–water partition coefficient (Wildman–Crippen LogP) is 3.54. The highest BCUT2D eigenvalue weighted by molar-refractivity contribution is 5.79. The van der Waals surface area contributed by atoms with Gasteiger partial charge in [0.1, 0.15) is 0 Å². The lowest BCUT2D eigenvalue weighted by Crippen LogP contribution is -2.38. The SMILES string of the molecule is CCNC(=NCc1ccccc1CN(C)C)NCCCOC1CCCCC1. The molecule has 1 aromatic rings. The van der Waals surface area contributed by atoms with Crippen molar-refractivity contribution in [2.24, 2.45) is 4.99 Å². The van der Waals surface area contributed by atoms with Crippen LogP contribution in [0.15, 0.2) is 29.3 Å². The molecule has 0 aromatic heterocycles. The second-order valence-corrected chi connectivity index (χ2v) is 7.61. The van der Waals surface area contributed by atoms with Crippen LogP contribution in [-0.4, -0.2) is 50.8 Å². The van der Waals surface area contributed by atoms with Crippen LogP contribution in [0.5, 0.6) is 0 Å². The normalized spacial score (nSPS) is 15.9. The fourth-order valence-corrected chi connectivity index (χ4v) is 3.47. The van der Waals surface area contributed by atoms with Crippen molar-refractivity contribution in [3.63, 3.8) is 0 Å². The highest BCUT2D eigenvalue weighted by atomic mass is 16.5. The second kappa shape index (κ2) is 12.7. The van der Waals surface area contributed by atoms with Gasteiger partial charge in [-0.15, -0.1) is 0 Å². The number of rotatable bonds is 10. The first-order valence-corrected chi connectivity index (χ1v) is 10.5. The smallest absolute Gasteiger partial charge is 0.191 e. The molecule has 0 unspecified atom stereocenters. The van der Waals surface area contributed by atoms with Crippen LogP contribution in [0, 0.1) is 0 Å². The van der Waals surface area contributed by atoms with E-state index in [9.17, 15) is 0 Å². The first-order chi connectivity index (χ1) is 13.2. The Morgan fingerprint density at radius 3 is 2.56 bits per heavy atom. The molecule has 2 rings (SSSR count). The molecule has 0 amide bonds. The van der Waals surface area contributed by atoms with Crippen LogP contribution in [0.2, 0.25) is 0 Å². The van der Waals surface area contributed by atoms with Crippen LogP contribution >= 0.6 is 0 Å². The molecular weight excluding hydrogens is 336 g/mol. The molecule has 1 fully saturated rings. The highest BCUT2D eigenvalue weighted by Crippen LogP contribution is 2.20. The molecule has 1 aromatic carbocycles. The number of hydrogen-bond donors (Lipinski definition) is 2. The van der Waals surface area contributed by atoms with E-state index in [1.807, 2.05) is 0 Å². The van der Waals surface area contributed by atoms with Crippen molar-refractivity contribution in [2.45, 2.75) is 64.6 Å². The van der Waals surface area contributed by atoms with Crippen molar-refractivity contribution in [1.29, 1.82) is 0 Å². The first kappa shape index (κ1) is 21.7. The summed E-state index contributed by atoms with van der Waals surface area (Å²) in [6.07, 6.45) is 8.02. The Bertz CT molecular complexity index is 553. The quantitative estimate of drug-likeness (QED) is 0.374. The molecule has 1 aliphatic carbocycles. The summed E-state index contributed by atoms with van der Waals surface area (Å²) in [5.41, 5.74) is 2.62. The van der Waals surface area contributed by atoms with Gasteiger partial charge in [0.05, 0.1) is 12.6 Å². The van der Waals surface area contributed by atoms with E-state index in [0.29, 0.717) is 12.6 Å². The van der Waals surface area contributed by atoms with Crippen LogP contribution in [0.1, 0.15) is 56.6 Å². The van der Waals surface area contributed by atoms with E-state index in [4.69, 9.17) is 9.73 Å². The van der Waals surface area contributed by atoms with Gasteiger partial charge in [-0.2, -0.15) is 0 Å². The average Bonchev–Trinajstić information content (AvgIpc) is 2.67. The standard InChI is InChI=1S/C22H38N4O/c1-4-23-22(24-15-10-16-27-21-13-6-5-7-14-21)25-17-19-11-8-9-12-20(19)18-26(2)3/h8-9,11-12,21H,4-7,10,13-18H2,1-3H3,(H2,23,24,25). The summed E-state index contributed by atoms with van der Waals surface area (Å²) in [6, 6.07) is 8.55. The van der Waals surface area contributed by atoms with E-state index in [0.717, 1.165) is 38.6 Å². The minimum atomic E-state index is 0.494. The summed E-state index contributed by atoms with van der Waals surface area (Å²) in [6.45, 7) is 6.32. The Labute approximate surface area is 165 Å². The van der Waals surface area contributed by atoms with E-state index in [2.05, 4.69) is 60.8 Å².